The van der Waals surface area contributed by atoms with Gasteiger partial charge in [-0.2, -0.15) is 5.10 Å². The van der Waals surface area contributed by atoms with Crippen LogP contribution in [0.25, 0.3) is 0 Å². The summed E-state index contributed by atoms with van der Waals surface area (Å²) in [5.41, 5.74) is 3.81. The van der Waals surface area contributed by atoms with Crippen LogP contribution in [0.2, 0.25) is 0 Å². The van der Waals surface area contributed by atoms with Crippen molar-refractivity contribution in [2.24, 2.45) is 0 Å². The number of fused-ring (bicyclic) bond motifs is 1. The number of nitrogens with zero attached hydrogens (tertiary/aromatic N) is 1. The number of hydrogen-bond donors (Lipinski definition) is 2. The number of rotatable bonds is 5. The Hall–Kier alpha value is -2.30. The normalized spacial score (nSPS) is 15.0. The molecule has 1 aromatic heterocycles. The number of aromatic nitrogens is 2. The third-order valence-electron chi connectivity index (χ3n) is 4.37. The average Bonchev–Trinajstić information content (AvgIpc) is 2.99. The fraction of sp³-hybridized carbons (Fsp3) is 0.474. The van der Waals surface area contributed by atoms with Crippen molar-refractivity contribution in [3.63, 3.8) is 0 Å². The van der Waals surface area contributed by atoms with Crippen LogP contribution in [-0.2, 0) is 12.8 Å². The van der Waals surface area contributed by atoms with E-state index >= 15 is 0 Å². The van der Waals surface area contributed by atoms with Crippen molar-refractivity contribution in [2.75, 3.05) is 0 Å². The Morgan fingerprint density at radius 3 is 2.58 bits per heavy atom. The Bertz CT molecular complexity index is 704. The fourth-order valence-corrected chi connectivity index (χ4v) is 3.12. The Morgan fingerprint density at radius 2 is 1.88 bits per heavy atom. The molecule has 1 aliphatic rings. The van der Waals surface area contributed by atoms with Gasteiger partial charge in [-0.25, -0.2) is 0 Å². The molecule has 24 heavy (non-hydrogen) atoms. The minimum Gasteiger partial charge on any atom is -0.491 e. The number of ether oxygens (including phenoxy) is 1. The zero-order valence-electron chi connectivity index (χ0n) is 14.6. The van der Waals surface area contributed by atoms with Crippen molar-refractivity contribution in [2.45, 2.75) is 58.6 Å². The Labute approximate surface area is 142 Å². The third kappa shape index (κ3) is 3.61. The lowest BCUT2D eigenvalue weighted by Gasteiger charge is -2.16. The molecule has 2 aromatic rings. The monoisotopic (exact) mass is 327 g/mol. The number of aromatic amines is 1. The lowest BCUT2D eigenvalue weighted by molar-refractivity contribution is 0.0933. The fourth-order valence-electron chi connectivity index (χ4n) is 3.12. The van der Waals surface area contributed by atoms with Gasteiger partial charge in [-0.05, 0) is 64.2 Å². The van der Waals surface area contributed by atoms with Gasteiger partial charge in [-0.15, -0.1) is 0 Å². The largest absolute Gasteiger partial charge is 0.491 e. The van der Waals surface area contributed by atoms with E-state index in [-0.39, 0.29) is 18.1 Å². The molecule has 1 amide bonds. The van der Waals surface area contributed by atoms with Gasteiger partial charge >= 0.3 is 0 Å². The zero-order valence-corrected chi connectivity index (χ0v) is 14.6. The first kappa shape index (κ1) is 16.6. The van der Waals surface area contributed by atoms with Crippen LogP contribution >= 0.6 is 0 Å². The molecule has 128 valence electrons. The summed E-state index contributed by atoms with van der Waals surface area (Å²) in [4.78, 5) is 12.6. The molecular formula is C19H25N3O2. The number of H-pyrrole nitrogens is 1. The predicted octanol–water partition coefficient (Wildman–Crippen LogP) is 3.57. The molecule has 0 spiro atoms. The molecule has 2 N–H and O–H groups in total. The first-order chi connectivity index (χ1) is 11.5. The van der Waals surface area contributed by atoms with Gasteiger partial charge in [0.05, 0.1) is 12.1 Å². The van der Waals surface area contributed by atoms with E-state index in [2.05, 4.69) is 15.5 Å². The Balaban J connectivity index is 1.67. The Kier molecular flexibility index (Phi) is 4.88. The van der Waals surface area contributed by atoms with Gasteiger partial charge in [0.1, 0.15) is 5.75 Å². The van der Waals surface area contributed by atoms with E-state index in [1.165, 1.54) is 0 Å². The maximum atomic E-state index is 12.6. The van der Waals surface area contributed by atoms with E-state index in [1.807, 2.05) is 45.0 Å². The summed E-state index contributed by atoms with van der Waals surface area (Å²) < 4.78 is 5.65. The number of carbonyl (C=O) groups excluding carboxylic acids is 1. The van der Waals surface area contributed by atoms with E-state index in [9.17, 15) is 4.79 Å². The molecule has 5 nitrogen and oxygen atoms in total. The van der Waals surface area contributed by atoms with E-state index in [0.29, 0.717) is 5.69 Å². The van der Waals surface area contributed by atoms with E-state index in [1.54, 1.807) is 0 Å². The molecule has 1 atom stereocenters. The molecule has 0 radical (unpaired) electrons. The molecule has 1 unspecified atom stereocenters. The lowest BCUT2D eigenvalue weighted by atomic mass is 9.95. The minimum atomic E-state index is -0.107. The van der Waals surface area contributed by atoms with Gasteiger partial charge in [-0.1, -0.05) is 12.1 Å². The van der Waals surface area contributed by atoms with Crippen LogP contribution in [0.3, 0.4) is 0 Å². The van der Waals surface area contributed by atoms with Crippen molar-refractivity contribution in [1.29, 1.82) is 0 Å². The molecule has 0 bridgehead atoms. The van der Waals surface area contributed by atoms with E-state index in [4.69, 9.17) is 4.74 Å². The van der Waals surface area contributed by atoms with Crippen molar-refractivity contribution < 1.29 is 9.53 Å². The van der Waals surface area contributed by atoms with Gasteiger partial charge < -0.3 is 10.1 Å². The van der Waals surface area contributed by atoms with Crippen LogP contribution in [0, 0.1) is 0 Å². The first-order valence-electron chi connectivity index (χ1n) is 8.68. The van der Waals surface area contributed by atoms with Crippen molar-refractivity contribution in [3.8, 4) is 5.75 Å². The van der Waals surface area contributed by atoms with Crippen molar-refractivity contribution in [1.82, 2.24) is 15.5 Å². The third-order valence-corrected chi connectivity index (χ3v) is 4.37. The summed E-state index contributed by atoms with van der Waals surface area (Å²) in [6.45, 7) is 5.98. The molecule has 3 rings (SSSR count). The quantitative estimate of drug-likeness (QED) is 0.882. The lowest BCUT2D eigenvalue weighted by Crippen LogP contribution is -2.28. The van der Waals surface area contributed by atoms with Crippen LogP contribution in [-0.4, -0.2) is 22.2 Å². The standard InChI is InChI=1S/C19H25N3O2/c1-12(2)24-15-10-8-14(9-11-15)13(3)20-19(23)18-16-6-4-5-7-17(16)21-22-18/h8-13H,4-7H2,1-3H3,(H,20,23)(H,21,22). The summed E-state index contributed by atoms with van der Waals surface area (Å²) in [5.74, 6) is 0.734. The number of carbonyl (C=O) groups is 1. The maximum absolute atomic E-state index is 12.6. The average molecular weight is 327 g/mol. The molecule has 0 saturated carbocycles. The number of hydrogen-bond acceptors (Lipinski definition) is 3. The molecular weight excluding hydrogens is 302 g/mol. The van der Waals surface area contributed by atoms with Crippen molar-refractivity contribution >= 4 is 5.91 Å². The number of benzene rings is 1. The van der Waals surface area contributed by atoms with Gasteiger partial charge in [0.2, 0.25) is 0 Å². The number of aryl methyl sites for hydroxylation is 1. The highest BCUT2D eigenvalue weighted by Gasteiger charge is 2.22. The van der Waals surface area contributed by atoms with Crippen LogP contribution in [0.5, 0.6) is 5.75 Å². The van der Waals surface area contributed by atoms with E-state index in [0.717, 1.165) is 48.3 Å². The SMILES string of the molecule is CC(C)Oc1ccc(C(C)NC(=O)c2n[nH]c3c2CCCC3)cc1. The van der Waals surface area contributed by atoms with Gasteiger partial charge in [0, 0.05) is 11.3 Å². The highest BCUT2D eigenvalue weighted by molar-refractivity contribution is 5.94. The molecule has 0 fully saturated rings. The summed E-state index contributed by atoms with van der Waals surface area (Å²) >= 11 is 0. The summed E-state index contributed by atoms with van der Waals surface area (Å²) in [7, 11) is 0. The van der Waals surface area contributed by atoms with Crippen LogP contribution in [0.1, 0.15) is 67.0 Å². The first-order valence-corrected chi connectivity index (χ1v) is 8.68. The van der Waals surface area contributed by atoms with E-state index < -0.39 is 0 Å². The minimum absolute atomic E-state index is 0.0819. The van der Waals surface area contributed by atoms with Gasteiger partial charge in [-0.3, -0.25) is 9.89 Å². The number of nitrogens with one attached hydrogen (secondary N) is 2. The van der Waals surface area contributed by atoms with Gasteiger partial charge in [0.25, 0.3) is 5.91 Å². The second-order valence-corrected chi connectivity index (χ2v) is 6.67. The molecule has 1 aliphatic carbocycles. The summed E-state index contributed by atoms with van der Waals surface area (Å²) in [6, 6.07) is 7.77. The predicted molar refractivity (Wildman–Crippen MR) is 93.3 cm³/mol. The molecule has 5 heteroatoms. The molecule has 0 aliphatic heterocycles. The molecule has 1 heterocycles. The Morgan fingerprint density at radius 1 is 1.17 bits per heavy atom. The number of amides is 1. The van der Waals surface area contributed by atoms with Gasteiger partial charge in [0.15, 0.2) is 5.69 Å². The second kappa shape index (κ2) is 7.07. The molecule has 0 saturated heterocycles. The van der Waals surface area contributed by atoms with Crippen LogP contribution in [0.4, 0.5) is 0 Å². The van der Waals surface area contributed by atoms with Crippen molar-refractivity contribution in [3.05, 3.63) is 46.8 Å². The maximum Gasteiger partial charge on any atom is 0.272 e. The summed E-state index contributed by atoms with van der Waals surface area (Å²) in [5, 5.41) is 10.3. The molecule has 1 aromatic carbocycles. The second-order valence-electron chi connectivity index (χ2n) is 6.67. The van der Waals surface area contributed by atoms with Crippen LogP contribution < -0.4 is 10.1 Å². The highest BCUT2D eigenvalue weighted by atomic mass is 16.5. The zero-order chi connectivity index (χ0) is 17.1. The smallest absolute Gasteiger partial charge is 0.272 e. The summed E-state index contributed by atoms with van der Waals surface area (Å²) in [6.07, 6.45) is 4.36. The van der Waals surface area contributed by atoms with Crippen LogP contribution in [0.15, 0.2) is 24.3 Å². The topological polar surface area (TPSA) is 67.0 Å². The highest BCUT2D eigenvalue weighted by Crippen LogP contribution is 2.23.